The molecular weight excluding hydrogens is 218 g/mol. The average Bonchev–Trinajstić information content (AvgIpc) is 2.35. The Bertz CT molecular complexity index is 286. The van der Waals surface area contributed by atoms with Gasteiger partial charge in [0.25, 0.3) is 0 Å². The predicted molar refractivity (Wildman–Crippen MR) is 84.5 cm³/mol. The lowest BCUT2D eigenvalue weighted by molar-refractivity contribution is 0.331. The van der Waals surface area contributed by atoms with E-state index in [-0.39, 0.29) is 5.41 Å². The molecule has 0 aliphatic heterocycles. The van der Waals surface area contributed by atoms with Crippen molar-refractivity contribution in [3.63, 3.8) is 0 Å². The average molecular weight is 249 g/mol. The van der Waals surface area contributed by atoms with Gasteiger partial charge in [-0.25, -0.2) is 0 Å². The molecule has 0 heterocycles. The molecule has 0 fully saturated rings. The third-order valence-corrected chi connectivity index (χ3v) is 3.57. The fourth-order valence-corrected chi connectivity index (χ4v) is 2.47. The van der Waals surface area contributed by atoms with E-state index in [2.05, 4.69) is 50.9 Å². The van der Waals surface area contributed by atoms with Crippen LogP contribution in [-0.4, -0.2) is 13.3 Å². The number of hydrogen-bond acceptors (Lipinski definition) is 1. The van der Waals surface area contributed by atoms with Gasteiger partial charge in [0.15, 0.2) is 0 Å². The van der Waals surface area contributed by atoms with Gasteiger partial charge in [0.2, 0.25) is 0 Å². The maximum Gasteiger partial charge on any atom is 0.0277 e. The maximum atomic E-state index is 4.24. The Balaban J connectivity index is 4.98. The highest BCUT2D eigenvalue weighted by atomic mass is 14.6. The molecule has 0 rings (SSSR count). The molecule has 0 aromatic rings. The molecule has 0 aliphatic carbocycles. The van der Waals surface area contributed by atoms with Gasteiger partial charge < -0.3 is 0 Å². The number of nitrogens with zero attached hydrogens (tertiary/aromatic N) is 1. The summed E-state index contributed by atoms with van der Waals surface area (Å²) in [5.74, 6) is 0. The lowest BCUT2D eigenvalue weighted by Crippen LogP contribution is -2.20. The minimum atomic E-state index is 0.281. The number of allylic oxidation sites excluding steroid dienone is 4. The summed E-state index contributed by atoms with van der Waals surface area (Å²) in [5.41, 5.74) is 1.66. The second kappa shape index (κ2) is 10.1. The highest BCUT2D eigenvalue weighted by molar-refractivity contribution is 5.80. The van der Waals surface area contributed by atoms with Crippen molar-refractivity contribution >= 4 is 6.21 Å². The van der Waals surface area contributed by atoms with E-state index < -0.39 is 0 Å². The van der Waals surface area contributed by atoms with Crippen LogP contribution >= 0.6 is 0 Å². The van der Waals surface area contributed by atoms with Crippen LogP contribution < -0.4 is 0 Å². The Hall–Kier alpha value is -0.850. The summed E-state index contributed by atoms with van der Waals surface area (Å²) < 4.78 is 0. The zero-order valence-electron chi connectivity index (χ0n) is 13.0. The normalized spacial score (nSPS) is 16.6. The summed E-state index contributed by atoms with van der Waals surface area (Å²) in [4.78, 5) is 4.24. The SMILES string of the molecule is C/C=C\C=C(/C=NC)C(C)(CCC)CCCCC. The van der Waals surface area contributed by atoms with Crippen molar-refractivity contribution in [2.45, 2.75) is 66.2 Å². The van der Waals surface area contributed by atoms with Gasteiger partial charge in [-0.1, -0.05) is 64.7 Å². The van der Waals surface area contributed by atoms with Crippen LogP contribution in [0.25, 0.3) is 0 Å². The Morgan fingerprint density at radius 1 is 1.11 bits per heavy atom. The number of unbranched alkanes of at least 4 members (excludes halogenated alkanes) is 2. The largest absolute Gasteiger partial charge is 0.296 e. The van der Waals surface area contributed by atoms with Crippen molar-refractivity contribution in [2.75, 3.05) is 7.05 Å². The number of aliphatic imine (C=N–C) groups is 1. The van der Waals surface area contributed by atoms with Crippen molar-refractivity contribution in [3.8, 4) is 0 Å². The molecule has 1 nitrogen and oxygen atoms in total. The molecule has 0 bridgehead atoms. The van der Waals surface area contributed by atoms with Gasteiger partial charge in [0.05, 0.1) is 0 Å². The first kappa shape index (κ1) is 17.2. The molecule has 1 unspecified atom stereocenters. The molecule has 0 amide bonds. The Kier molecular flexibility index (Phi) is 9.63. The quantitative estimate of drug-likeness (QED) is 0.287. The van der Waals surface area contributed by atoms with Crippen molar-refractivity contribution in [2.24, 2.45) is 10.4 Å². The topological polar surface area (TPSA) is 12.4 Å². The van der Waals surface area contributed by atoms with Crippen LogP contribution in [0.4, 0.5) is 0 Å². The van der Waals surface area contributed by atoms with Gasteiger partial charge in [-0.05, 0) is 30.8 Å². The molecular formula is C17H31N. The standard InChI is InChI=1S/C17H31N/c1-6-9-11-14-17(4,13-8-3)16(15-18-5)12-10-7-2/h7,10,12,15H,6,8-9,11,13-14H2,1-5H3/b10-7-,16-12+,18-15?. The second-order valence-electron chi connectivity index (χ2n) is 5.30. The van der Waals surface area contributed by atoms with Crippen LogP contribution in [0.5, 0.6) is 0 Å². The molecule has 0 saturated heterocycles. The summed E-state index contributed by atoms with van der Waals surface area (Å²) in [7, 11) is 1.86. The highest BCUT2D eigenvalue weighted by Gasteiger charge is 2.26. The third-order valence-electron chi connectivity index (χ3n) is 3.57. The minimum absolute atomic E-state index is 0.281. The van der Waals surface area contributed by atoms with Crippen LogP contribution in [0.2, 0.25) is 0 Å². The highest BCUT2D eigenvalue weighted by Crippen LogP contribution is 2.37. The molecule has 1 heteroatoms. The first-order valence-corrected chi connectivity index (χ1v) is 7.40. The van der Waals surface area contributed by atoms with Crippen molar-refractivity contribution in [3.05, 3.63) is 23.8 Å². The molecule has 0 aliphatic rings. The predicted octanol–water partition coefficient (Wildman–Crippen LogP) is 5.58. The fourth-order valence-electron chi connectivity index (χ4n) is 2.47. The van der Waals surface area contributed by atoms with Crippen LogP contribution in [-0.2, 0) is 0 Å². The van der Waals surface area contributed by atoms with Crippen LogP contribution in [0, 0.1) is 5.41 Å². The monoisotopic (exact) mass is 249 g/mol. The van der Waals surface area contributed by atoms with E-state index in [1.165, 1.54) is 44.1 Å². The summed E-state index contributed by atoms with van der Waals surface area (Å²) in [6.07, 6.45) is 16.2. The van der Waals surface area contributed by atoms with Gasteiger partial charge in [0, 0.05) is 13.3 Å². The summed E-state index contributed by atoms with van der Waals surface area (Å²) >= 11 is 0. The smallest absolute Gasteiger partial charge is 0.0277 e. The molecule has 0 saturated carbocycles. The summed E-state index contributed by atoms with van der Waals surface area (Å²) in [6.45, 7) is 8.99. The molecule has 0 aromatic carbocycles. The molecule has 18 heavy (non-hydrogen) atoms. The lowest BCUT2D eigenvalue weighted by Gasteiger charge is -2.30. The van der Waals surface area contributed by atoms with Crippen molar-refractivity contribution < 1.29 is 0 Å². The molecule has 0 radical (unpaired) electrons. The lowest BCUT2D eigenvalue weighted by atomic mass is 9.74. The first-order valence-electron chi connectivity index (χ1n) is 7.40. The molecule has 104 valence electrons. The number of rotatable bonds is 9. The van der Waals surface area contributed by atoms with Crippen LogP contribution in [0.15, 0.2) is 28.8 Å². The Morgan fingerprint density at radius 3 is 2.33 bits per heavy atom. The van der Waals surface area contributed by atoms with Crippen LogP contribution in [0.3, 0.4) is 0 Å². The van der Waals surface area contributed by atoms with Gasteiger partial charge in [0.1, 0.15) is 0 Å². The molecule has 0 aromatic heterocycles. The Morgan fingerprint density at radius 2 is 1.83 bits per heavy atom. The van der Waals surface area contributed by atoms with Crippen molar-refractivity contribution in [1.82, 2.24) is 0 Å². The van der Waals surface area contributed by atoms with Gasteiger partial charge >= 0.3 is 0 Å². The number of hydrogen-bond donors (Lipinski definition) is 0. The maximum absolute atomic E-state index is 4.24. The van der Waals surface area contributed by atoms with E-state index in [9.17, 15) is 0 Å². The van der Waals surface area contributed by atoms with Crippen molar-refractivity contribution in [1.29, 1.82) is 0 Å². The van der Waals surface area contributed by atoms with E-state index in [0.717, 1.165) is 0 Å². The molecule has 0 spiro atoms. The van der Waals surface area contributed by atoms with E-state index in [0.29, 0.717) is 0 Å². The van der Waals surface area contributed by atoms with Crippen LogP contribution in [0.1, 0.15) is 66.2 Å². The zero-order chi connectivity index (χ0) is 13.9. The second-order valence-corrected chi connectivity index (χ2v) is 5.30. The van der Waals surface area contributed by atoms with Gasteiger partial charge in [-0.2, -0.15) is 0 Å². The Labute approximate surface area is 114 Å². The third kappa shape index (κ3) is 6.18. The summed E-state index contributed by atoms with van der Waals surface area (Å²) in [5, 5.41) is 0. The van der Waals surface area contributed by atoms with E-state index >= 15 is 0 Å². The van der Waals surface area contributed by atoms with Gasteiger partial charge in [-0.15, -0.1) is 0 Å². The minimum Gasteiger partial charge on any atom is -0.296 e. The molecule has 0 N–H and O–H groups in total. The van der Waals surface area contributed by atoms with Gasteiger partial charge in [-0.3, -0.25) is 4.99 Å². The zero-order valence-corrected chi connectivity index (χ0v) is 13.0. The van der Waals surface area contributed by atoms with E-state index in [1.54, 1.807) is 0 Å². The van der Waals surface area contributed by atoms with E-state index in [1.807, 2.05) is 13.3 Å². The molecule has 1 atom stereocenters. The summed E-state index contributed by atoms with van der Waals surface area (Å²) in [6, 6.07) is 0. The van der Waals surface area contributed by atoms with E-state index in [4.69, 9.17) is 0 Å². The fraction of sp³-hybridized carbons (Fsp3) is 0.706. The first-order chi connectivity index (χ1) is 8.64.